The summed E-state index contributed by atoms with van der Waals surface area (Å²) in [7, 11) is -2.22. The van der Waals surface area contributed by atoms with E-state index >= 15 is 0 Å². The highest BCUT2D eigenvalue weighted by atomic mass is 35.5. The zero-order valence-corrected chi connectivity index (χ0v) is 22.8. The van der Waals surface area contributed by atoms with E-state index in [1.165, 1.54) is 35.6 Å². The van der Waals surface area contributed by atoms with Crippen molar-refractivity contribution in [3.05, 3.63) is 76.3 Å². The summed E-state index contributed by atoms with van der Waals surface area (Å²) in [5, 5.41) is 1.89. The Morgan fingerprint density at radius 3 is 2.46 bits per heavy atom. The predicted molar refractivity (Wildman–Crippen MR) is 148 cm³/mol. The molecule has 3 aromatic carbocycles. The maximum Gasteiger partial charge on any atom is 0.261 e. The lowest BCUT2D eigenvalue weighted by Gasteiger charge is -2.34. The molecule has 8 nitrogen and oxygen atoms in total. The monoisotopic (exact) mass is 576 g/mol. The number of hydrogen-bond donors (Lipinski definition) is 1. The molecule has 1 N–H and O–H groups in total. The fraction of sp³-hybridized carbons (Fsp3) is 0.200. The SMILES string of the molecule is COc1ccc(Cl)c2sc(N3CCN(C(=O)c4cccc(NS(=O)(=O)c5ccc(Cl)cc5)c4)CC3)nc12. The van der Waals surface area contributed by atoms with Gasteiger partial charge in [-0.1, -0.05) is 40.6 Å². The van der Waals surface area contributed by atoms with E-state index in [0.717, 1.165) is 15.3 Å². The Balaban J connectivity index is 1.27. The van der Waals surface area contributed by atoms with Crippen LogP contribution in [-0.4, -0.2) is 57.5 Å². The highest BCUT2D eigenvalue weighted by Crippen LogP contribution is 2.39. The number of fused-ring (bicyclic) bond motifs is 1. The van der Waals surface area contributed by atoms with Crippen molar-refractivity contribution in [2.45, 2.75) is 4.90 Å². The number of sulfonamides is 1. The molecule has 12 heteroatoms. The number of benzene rings is 3. The maximum atomic E-state index is 13.2. The van der Waals surface area contributed by atoms with Gasteiger partial charge in [0.2, 0.25) is 0 Å². The van der Waals surface area contributed by atoms with Crippen LogP contribution in [0.15, 0.2) is 65.6 Å². The molecular weight excluding hydrogens is 555 g/mol. The molecule has 5 rings (SSSR count). The number of nitrogens with zero attached hydrogens (tertiary/aromatic N) is 3. The Bertz CT molecular complexity index is 1570. The second kappa shape index (κ2) is 10.4. The van der Waals surface area contributed by atoms with Crippen molar-refractivity contribution in [1.29, 1.82) is 0 Å². The summed E-state index contributed by atoms with van der Waals surface area (Å²) in [6.45, 7) is 2.21. The second-order valence-corrected chi connectivity index (χ2v) is 11.8. The Morgan fingerprint density at radius 2 is 1.76 bits per heavy atom. The van der Waals surface area contributed by atoms with Gasteiger partial charge < -0.3 is 14.5 Å². The molecule has 1 fully saturated rings. The van der Waals surface area contributed by atoms with Crippen LogP contribution in [0.25, 0.3) is 10.2 Å². The smallest absolute Gasteiger partial charge is 0.261 e. The molecule has 0 radical (unpaired) electrons. The first kappa shape index (κ1) is 25.6. The molecule has 37 heavy (non-hydrogen) atoms. The van der Waals surface area contributed by atoms with Crippen LogP contribution in [0.2, 0.25) is 10.0 Å². The van der Waals surface area contributed by atoms with Gasteiger partial charge in [-0.3, -0.25) is 9.52 Å². The fourth-order valence-electron chi connectivity index (χ4n) is 4.07. The quantitative estimate of drug-likeness (QED) is 0.331. The summed E-state index contributed by atoms with van der Waals surface area (Å²) < 4.78 is 34.2. The molecule has 0 unspecified atom stereocenters. The van der Waals surface area contributed by atoms with Gasteiger partial charge in [0.15, 0.2) is 5.13 Å². The van der Waals surface area contributed by atoms with Crippen LogP contribution in [0.1, 0.15) is 10.4 Å². The Morgan fingerprint density at radius 1 is 1.03 bits per heavy atom. The zero-order chi connectivity index (χ0) is 26.2. The molecule has 1 aliphatic rings. The average Bonchev–Trinajstić information content (AvgIpc) is 3.35. The molecule has 0 saturated carbocycles. The van der Waals surface area contributed by atoms with E-state index in [4.69, 9.17) is 32.9 Å². The van der Waals surface area contributed by atoms with Gasteiger partial charge in [0, 0.05) is 42.5 Å². The maximum absolute atomic E-state index is 13.2. The number of halogens is 2. The standard InChI is InChI=1S/C25H22Cl2N4O4S2/c1-35-21-10-9-20(27)23-22(21)28-25(36-23)31-13-11-30(12-14-31)24(32)16-3-2-4-18(15-16)29-37(33,34)19-7-5-17(26)6-8-19/h2-10,15,29H,11-14H2,1H3. The molecule has 1 aromatic heterocycles. The molecule has 0 atom stereocenters. The van der Waals surface area contributed by atoms with Gasteiger partial charge in [-0.15, -0.1) is 0 Å². The van der Waals surface area contributed by atoms with Crippen molar-refractivity contribution in [1.82, 2.24) is 9.88 Å². The summed E-state index contributed by atoms with van der Waals surface area (Å²) in [6.07, 6.45) is 0. The van der Waals surface area contributed by atoms with E-state index in [0.29, 0.717) is 53.2 Å². The molecule has 0 aliphatic carbocycles. The third kappa shape index (κ3) is 5.33. The number of nitrogens with one attached hydrogen (secondary N) is 1. The van der Waals surface area contributed by atoms with Crippen LogP contribution in [-0.2, 0) is 10.0 Å². The third-order valence-electron chi connectivity index (χ3n) is 5.99. The van der Waals surface area contributed by atoms with Crippen molar-refractivity contribution in [2.75, 3.05) is 42.9 Å². The van der Waals surface area contributed by atoms with Crippen LogP contribution < -0.4 is 14.4 Å². The average molecular weight is 578 g/mol. The molecular formula is C25H22Cl2N4O4S2. The van der Waals surface area contributed by atoms with E-state index in [-0.39, 0.29) is 10.8 Å². The molecule has 1 saturated heterocycles. The first-order valence-corrected chi connectivity index (χ1v) is 14.4. The van der Waals surface area contributed by atoms with Crippen LogP contribution in [0.3, 0.4) is 0 Å². The minimum atomic E-state index is -3.82. The minimum absolute atomic E-state index is 0.0820. The van der Waals surface area contributed by atoms with E-state index in [1.807, 2.05) is 0 Å². The first-order valence-electron chi connectivity index (χ1n) is 11.3. The summed E-state index contributed by atoms with van der Waals surface area (Å²) in [5.74, 6) is 0.503. The largest absolute Gasteiger partial charge is 0.494 e. The van der Waals surface area contributed by atoms with Crippen molar-refractivity contribution >= 4 is 71.5 Å². The summed E-state index contributed by atoms with van der Waals surface area (Å²) in [4.78, 5) is 21.9. The number of ether oxygens (including phenoxy) is 1. The number of methoxy groups -OCH3 is 1. The number of thiazole rings is 1. The summed E-state index contributed by atoms with van der Waals surface area (Å²) in [5.41, 5.74) is 1.44. The third-order valence-corrected chi connectivity index (χ3v) is 9.22. The van der Waals surface area contributed by atoms with Crippen molar-refractivity contribution in [3.63, 3.8) is 0 Å². The highest BCUT2D eigenvalue weighted by molar-refractivity contribution is 7.92. The molecule has 1 aliphatic heterocycles. The lowest BCUT2D eigenvalue weighted by molar-refractivity contribution is 0.0747. The molecule has 192 valence electrons. The fourth-order valence-corrected chi connectivity index (χ4v) is 6.55. The van der Waals surface area contributed by atoms with Crippen LogP contribution >= 0.6 is 34.5 Å². The zero-order valence-electron chi connectivity index (χ0n) is 19.6. The number of amides is 1. The Hall–Kier alpha value is -3.05. The molecule has 1 amide bonds. The van der Waals surface area contributed by atoms with E-state index in [9.17, 15) is 13.2 Å². The normalized spacial score (nSPS) is 14.1. The number of anilines is 2. The number of carbonyl (C=O) groups is 1. The number of carbonyl (C=O) groups excluding carboxylic acids is 1. The lowest BCUT2D eigenvalue weighted by atomic mass is 10.1. The number of rotatable bonds is 6. The molecule has 0 spiro atoms. The molecule has 0 bridgehead atoms. The molecule has 4 aromatic rings. The minimum Gasteiger partial charge on any atom is -0.494 e. The van der Waals surface area contributed by atoms with Gasteiger partial charge in [-0.25, -0.2) is 13.4 Å². The number of hydrogen-bond acceptors (Lipinski definition) is 7. The van der Waals surface area contributed by atoms with Gasteiger partial charge in [-0.05, 0) is 54.6 Å². The molecule has 2 heterocycles. The first-order chi connectivity index (χ1) is 17.7. The van der Waals surface area contributed by atoms with Crippen molar-refractivity contribution in [3.8, 4) is 5.75 Å². The Kier molecular flexibility index (Phi) is 7.17. The van der Waals surface area contributed by atoms with Crippen LogP contribution in [0.5, 0.6) is 5.75 Å². The van der Waals surface area contributed by atoms with E-state index in [1.54, 1.807) is 48.4 Å². The van der Waals surface area contributed by atoms with Crippen LogP contribution in [0.4, 0.5) is 10.8 Å². The van der Waals surface area contributed by atoms with Crippen LogP contribution in [0, 0.1) is 0 Å². The van der Waals surface area contributed by atoms with E-state index in [2.05, 4.69) is 9.62 Å². The van der Waals surface area contributed by atoms with Gasteiger partial charge in [0.25, 0.3) is 15.9 Å². The van der Waals surface area contributed by atoms with Gasteiger partial charge in [-0.2, -0.15) is 0 Å². The second-order valence-electron chi connectivity index (χ2n) is 8.34. The number of piperazine rings is 1. The highest BCUT2D eigenvalue weighted by Gasteiger charge is 2.25. The van der Waals surface area contributed by atoms with Crippen molar-refractivity contribution in [2.24, 2.45) is 0 Å². The Labute approximate surface area is 228 Å². The summed E-state index contributed by atoms with van der Waals surface area (Å²) >= 11 is 13.7. The number of aromatic nitrogens is 1. The summed E-state index contributed by atoms with van der Waals surface area (Å²) in [6, 6.07) is 15.9. The lowest BCUT2D eigenvalue weighted by Crippen LogP contribution is -2.48. The van der Waals surface area contributed by atoms with Gasteiger partial charge in [0.1, 0.15) is 11.3 Å². The predicted octanol–water partition coefficient (Wildman–Crippen LogP) is 5.37. The van der Waals surface area contributed by atoms with Gasteiger partial charge in [0.05, 0.1) is 21.7 Å². The topological polar surface area (TPSA) is 91.8 Å². The van der Waals surface area contributed by atoms with Crippen molar-refractivity contribution < 1.29 is 17.9 Å². The van der Waals surface area contributed by atoms with Gasteiger partial charge >= 0.3 is 0 Å². The van der Waals surface area contributed by atoms with E-state index < -0.39 is 10.0 Å².